The zero-order valence-electron chi connectivity index (χ0n) is 12.4. The van der Waals surface area contributed by atoms with Gasteiger partial charge in [-0.3, -0.25) is 25.0 Å². The minimum atomic E-state index is -5.05. The number of hydrogen-bond donors (Lipinski definition) is 1. The van der Waals surface area contributed by atoms with E-state index in [1.807, 2.05) is 5.32 Å². The molecule has 0 aliphatic carbocycles. The van der Waals surface area contributed by atoms with Crippen molar-refractivity contribution >= 4 is 34.6 Å². The summed E-state index contributed by atoms with van der Waals surface area (Å²) >= 11 is 5.65. The Hall–Kier alpha value is -3.21. The molecular formula is C14H7ClF3N3O5. The van der Waals surface area contributed by atoms with Crippen LogP contribution < -0.4 is 5.32 Å². The van der Waals surface area contributed by atoms with Crippen LogP contribution in [0.25, 0.3) is 0 Å². The van der Waals surface area contributed by atoms with E-state index in [2.05, 4.69) is 0 Å². The van der Waals surface area contributed by atoms with Crippen molar-refractivity contribution in [1.82, 2.24) is 0 Å². The van der Waals surface area contributed by atoms with Crippen molar-refractivity contribution in [1.29, 1.82) is 0 Å². The van der Waals surface area contributed by atoms with Crippen LogP contribution in [0.15, 0.2) is 36.4 Å². The number of benzene rings is 2. The van der Waals surface area contributed by atoms with E-state index in [0.717, 1.165) is 0 Å². The van der Waals surface area contributed by atoms with Crippen molar-refractivity contribution in [3.05, 3.63) is 72.8 Å². The summed E-state index contributed by atoms with van der Waals surface area (Å²) in [5, 5.41) is 24.4. The van der Waals surface area contributed by atoms with Gasteiger partial charge in [-0.05, 0) is 24.3 Å². The lowest BCUT2D eigenvalue weighted by molar-refractivity contribution is -0.392. The van der Waals surface area contributed by atoms with Gasteiger partial charge in [-0.2, -0.15) is 13.2 Å². The second kappa shape index (κ2) is 6.96. The highest BCUT2D eigenvalue weighted by atomic mass is 35.5. The number of hydrogen-bond acceptors (Lipinski definition) is 5. The second-order valence-corrected chi connectivity index (χ2v) is 5.30. The number of anilines is 1. The van der Waals surface area contributed by atoms with Crippen LogP contribution in [0.2, 0.25) is 5.02 Å². The predicted molar refractivity (Wildman–Crippen MR) is 84.2 cm³/mol. The van der Waals surface area contributed by atoms with Crippen LogP contribution in [-0.4, -0.2) is 15.8 Å². The molecule has 0 aliphatic rings. The quantitative estimate of drug-likeness (QED) is 0.613. The Bertz CT molecular complexity index is 865. The van der Waals surface area contributed by atoms with E-state index in [1.54, 1.807) is 0 Å². The lowest BCUT2D eigenvalue weighted by Crippen LogP contribution is -2.16. The van der Waals surface area contributed by atoms with Crippen LogP contribution >= 0.6 is 11.6 Å². The Morgan fingerprint density at radius 3 is 1.85 bits per heavy atom. The number of carbonyl (C=O) groups is 1. The molecule has 136 valence electrons. The first-order chi connectivity index (χ1) is 12.0. The van der Waals surface area contributed by atoms with Crippen molar-refractivity contribution in [3.8, 4) is 0 Å². The van der Waals surface area contributed by atoms with Gasteiger partial charge in [-0.25, -0.2) is 0 Å². The third kappa shape index (κ3) is 4.06. The molecule has 1 amide bonds. The highest BCUT2D eigenvalue weighted by Crippen LogP contribution is 2.41. The molecule has 0 saturated carbocycles. The summed E-state index contributed by atoms with van der Waals surface area (Å²) in [6, 6.07) is 5.35. The number of carbonyl (C=O) groups excluding carboxylic acids is 1. The first-order valence-electron chi connectivity index (χ1n) is 6.61. The van der Waals surface area contributed by atoms with Crippen LogP contribution in [0.4, 0.5) is 30.2 Å². The normalized spacial score (nSPS) is 11.1. The average molecular weight is 390 g/mol. The summed E-state index contributed by atoms with van der Waals surface area (Å²) in [5.74, 6) is -0.993. The van der Waals surface area contributed by atoms with Crippen molar-refractivity contribution in [2.45, 2.75) is 6.18 Å². The summed E-state index contributed by atoms with van der Waals surface area (Å²) in [7, 11) is 0. The molecule has 0 atom stereocenters. The van der Waals surface area contributed by atoms with E-state index in [0.29, 0.717) is 0 Å². The Labute approximate surface area is 147 Å². The van der Waals surface area contributed by atoms with Crippen LogP contribution in [0.1, 0.15) is 15.9 Å². The van der Waals surface area contributed by atoms with Crippen molar-refractivity contribution in [2.75, 3.05) is 5.32 Å². The second-order valence-electron chi connectivity index (χ2n) is 4.86. The maximum atomic E-state index is 12.8. The van der Waals surface area contributed by atoms with Gasteiger partial charge < -0.3 is 5.32 Å². The van der Waals surface area contributed by atoms with Crippen molar-refractivity contribution < 1.29 is 27.8 Å². The van der Waals surface area contributed by atoms with Gasteiger partial charge in [0.05, 0.1) is 15.4 Å². The van der Waals surface area contributed by atoms with Gasteiger partial charge in [0.25, 0.3) is 5.91 Å². The standard InChI is InChI=1S/C14H7ClF3N3O5/c15-9-3-1-7(2-4-9)13(22)19-12-10(20(23)24)5-8(14(16,17)18)6-11(12)21(25)26/h1-6H,(H,19,22). The molecule has 0 saturated heterocycles. The molecule has 0 radical (unpaired) electrons. The lowest BCUT2D eigenvalue weighted by Gasteiger charge is -2.11. The Morgan fingerprint density at radius 2 is 1.46 bits per heavy atom. The number of nitro benzene ring substituents is 2. The molecular weight excluding hydrogens is 383 g/mol. The van der Waals surface area contributed by atoms with E-state index < -0.39 is 44.6 Å². The molecule has 0 aliphatic heterocycles. The fourth-order valence-corrected chi connectivity index (χ4v) is 2.10. The van der Waals surface area contributed by atoms with E-state index >= 15 is 0 Å². The molecule has 0 spiro atoms. The Kier molecular flexibility index (Phi) is 5.12. The summed E-state index contributed by atoms with van der Waals surface area (Å²) in [6.45, 7) is 0. The van der Waals surface area contributed by atoms with Gasteiger partial charge in [-0.15, -0.1) is 0 Å². The molecule has 12 heteroatoms. The molecule has 2 aromatic rings. The summed E-state index contributed by atoms with van der Waals surface area (Å²) in [4.78, 5) is 31.8. The van der Waals surface area contributed by atoms with Crippen molar-refractivity contribution in [3.63, 3.8) is 0 Å². The topological polar surface area (TPSA) is 115 Å². The minimum Gasteiger partial charge on any atom is -0.311 e. The van der Waals surface area contributed by atoms with E-state index in [1.165, 1.54) is 24.3 Å². The third-order valence-corrected chi connectivity index (χ3v) is 3.41. The van der Waals surface area contributed by atoms with Gasteiger partial charge in [0.1, 0.15) is 0 Å². The fraction of sp³-hybridized carbons (Fsp3) is 0.0714. The van der Waals surface area contributed by atoms with Crippen LogP contribution in [0.3, 0.4) is 0 Å². The van der Waals surface area contributed by atoms with E-state index in [4.69, 9.17) is 11.6 Å². The summed E-state index contributed by atoms with van der Waals surface area (Å²) in [5.41, 5.74) is -5.10. The van der Waals surface area contributed by atoms with Gasteiger partial charge >= 0.3 is 17.6 Å². The third-order valence-electron chi connectivity index (χ3n) is 3.16. The van der Waals surface area contributed by atoms with Crippen LogP contribution in [0, 0.1) is 20.2 Å². The first kappa shape index (κ1) is 19.1. The number of nitrogens with one attached hydrogen (secondary N) is 1. The zero-order chi connectivity index (χ0) is 19.6. The Morgan fingerprint density at radius 1 is 1.00 bits per heavy atom. The molecule has 0 bridgehead atoms. The summed E-state index contributed by atoms with van der Waals surface area (Å²) in [6.07, 6.45) is -5.05. The van der Waals surface area contributed by atoms with Gasteiger partial charge in [0.2, 0.25) is 0 Å². The molecule has 0 heterocycles. The molecule has 0 aromatic heterocycles. The SMILES string of the molecule is O=C(Nc1c([N+](=O)[O-])cc(C(F)(F)F)cc1[N+](=O)[O-])c1ccc(Cl)cc1. The minimum absolute atomic E-state index is 0.0575. The first-order valence-corrected chi connectivity index (χ1v) is 6.99. The number of rotatable bonds is 4. The molecule has 0 unspecified atom stereocenters. The van der Waals surface area contributed by atoms with Crippen LogP contribution in [0.5, 0.6) is 0 Å². The molecule has 0 fully saturated rings. The fourth-order valence-electron chi connectivity index (χ4n) is 1.98. The number of nitrogens with zero attached hydrogens (tertiary/aromatic N) is 2. The van der Waals surface area contributed by atoms with Gasteiger partial charge in [0, 0.05) is 22.7 Å². The number of nitro groups is 2. The van der Waals surface area contributed by atoms with E-state index in [9.17, 15) is 38.2 Å². The molecule has 1 N–H and O–H groups in total. The predicted octanol–water partition coefficient (Wildman–Crippen LogP) is 4.43. The molecule has 8 nitrogen and oxygen atoms in total. The zero-order valence-corrected chi connectivity index (χ0v) is 13.2. The maximum absolute atomic E-state index is 12.8. The smallest absolute Gasteiger partial charge is 0.311 e. The van der Waals surface area contributed by atoms with Gasteiger partial charge in [0.15, 0.2) is 5.69 Å². The highest BCUT2D eigenvalue weighted by molar-refractivity contribution is 6.30. The number of amides is 1. The average Bonchev–Trinajstić information content (AvgIpc) is 2.53. The largest absolute Gasteiger partial charge is 0.416 e. The van der Waals surface area contributed by atoms with Crippen LogP contribution in [-0.2, 0) is 6.18 Å². The molecule has 2 rings (SSSR count). The van der Waals surface area contributed by atoms with E-state index in [-0.39, 0.29) is 22.7 Å². The maximum Gasteiger partial charge on any atom is 0.416 e. The molecule has 26 heavy (non-hydrogen) atoms. The van der Waals surface area contributed by atoms with Gasteiger partial charge in [-0.1, -0.05) is 11.6 Å². The Balaban J connectivity index is 2.58. The summed E-state index contributed by atoms with van der Waals surface area (Å²) < 4.78 is 38.5. The monoisotopic (exact) mass is 389 g/mol. The number of alkyl halides is 3. The lowest BCUT2D eigenvalue weighted by atomic mass is 10.1. The number of halogens is 4. The molecule has 2 aromatic carbocycles. The van der Waals surface area contributed by atoms with Crippen molar-refractivity contribution in [2.24, 2.45) is 0 Å². The highest BCUT2D eigenvalue weighted by Gasteiger charge is 2.38.